The minimum atomic E-state index is -0.259. The molecule has 0 aliphatic heterocycles. The zero-order valence-electron chi connectivity index (χ0n) is 19.8. The SMILES string of the molecule is CC(/C=N\NC(=O)Cc1ccc(OC(C)C)cc1)=N/NC(=O)Cc1ccc(OC(C)C)cc1. The Balaban J connectivity index is 1.74. The van der Waals surface area contributed by atoms with Crippen molar-refractivity contribution in [2.24, 2.45) is 10.2 Å². The second kappa shape index (κ2) is 13.0. The number of nitrogens with one attached hydrogen (secondary N) is 2. The van der Waals surface area contributed by atoms with Crippen molar-refractivity contribution in [2.75, 3.05) is 0 Å². The molecule has 0 saturated carbocycles. The van der Waals surface area contributed by atoms with Crippen molar-refractivity contribution in [3.63, 3.8) is 0 Å². The van der Waals surface area contributed by atoms with E-state index in [2.05, 4.69) is 21.1 Å². The molecule has 8 heteroatoms. The van der Waals surface area contributed by atoms with Gasteiger partial charge >= 0.3 is 0 Å². The van der Waals surface area contributed by atoms with Gasteiger partial charge in [-0.25, -0.2) is 10.9 Å². The molecule has 0 saturated heterocycles. The second-order valence-electron chi connectivity index (χ2n) is 8.06. The summed E-state index contributed by atoms with van der Waals surface area (Å²) in [7, 11) is 0. The van der Waals surface area contributed by atoms with E-state index in [9.17, 15) is 9.59 Å². The molecule has 0 heterocycles. The summed E-state index contributed by atoms with van der Waals surface area (Å²) in [6.45, 7) is 9.50. The van der Waals surface area contributed by atoms with Crippen LogP contribution >= 0.6 is 0 Å². The maximum Gasteiger partial charge on any atom is 0.244 e. The van der Waals surface area contributed by atoms with E-state index in [1.807, 2.05) is 76.2 Å². The first-order valence-electron chi connectivity index (χ1n) is 10.9. The van der Waals surface area contributed by atoms with E-state index < -0.39 is 0 Å². The quantitative estimate of drug-likeness (QED) is 0.401. The van der Waals surface area contributed by atoms with E-state index >= 15 is 0 Å². The lowest BCUT2D eigenvalue weighted by molar-refractivity contribution is -0.121. The number of benzene rings is 2. The average molecular weight is 453 g/mol. The van der Waals surface area contributed by atoms with Gasteiger partial charge in [-0.15, -0.1) is 0 Å². The molecule has 0 aromatic heterocycles. The van der Waals surface area contributed by atoms with Crippen molar-refractivity contribution in [1.29, 1.82) is 0 Å². The van der Waals surface area contributed by atoms with Crippen molar-refractivity contribution in [3.8, 4) is 11.5 Å². The number of carbonyl (C=O) groups excluding carboxylic acids is 2. The van der Waals surface area contributed by atoms with Gasteiger partial charge in [0.1, 0.15) is 11.5 Å². The average Bonchev–Trinajstić information content (AvgIpc) is 2.74. The third-order valence-corrected chi connectivity index (χ3v) is 4.12. The highest BCUT2D eigenvalue weighted by Gasteiger charge is 2.05. The number of hydrogen-bond acceptors (Lipinski definition) is 6. The van der Waals surface area contributed by atoms with Crippen LogP contribution in [0.2, 0.25) is 0 Å². The molecule has 0 bridgehead atoms. The Kier molecular flexibility index (Phi) is 10.1. The van der Waals surface area contributed by atoms with Crippen LogP contribution in [-0.2, 0) is 22.4 Å². The van der Waals surface area contributed by atoms with Crippen LogP contribution in [0.25, 0.3) is 0 Å². The van der Waals surface area contributed by atoms with E-state index in [1.54, 1.807) is 6.92 Å². The first kappa shape index (κ1) is 25.6. The lowest BCUT2D eigenvalue weighted by Crippen LogP contribution is -2.22. The number of ether oxygens (including phenoxy) is 2. The van der Waals surface area contributed by atoms with Gasteiger partial charge in [-0.1, -0.05) is 24.3 Å². The lowest BCUT2D eigenvalue weighted by Gasteiger charge is -2.09. The number of hydrogen-bond donors (Lipinski definition) is 2. The first-order valence-corrected chi connectivity index (χ1v) is 10.9. The van der Waals surface area contributed by atoms with Crippen LogP contribution in [0.4, 0.5) is 0 Å². The molecule has 0 spiro atoms. The van der Waals surface area contributed by atoms with Crippen LogP contribution in [0.3, 0.4) is 0 Å². The van der Waals surface area contributed by atoms with Crippen LogP contribution < -0.4 is 20.3 Å². The van der Waals surface area contributed by atoms with Crippen LogP contribution in [-0.4, -0.2) is 35.9 Å². The van der Waals surface area contributed by atoms with Gasteiger partial charge in [-0.05, 0) is 70.0 Å². The largest absolute Gasteiger partial charge is 0.491 e. The van der Waals surface area contributed by atoms with Crippen molar-refractivity contribution in [3.05, 3.63) is 59.7 Å². The summed E-state index contributed by atoms with van der Waals surface area (Å²) < 4.78 is 11.2. The van der Waals surface area contributed by atoms with Crippen molar-refractivity contribution in [1.82, 2.24) is 10.9 Å². The van der Waals surface area contributed by atoms with E-state index in [-0.39, 0.29) is 36.9 Å². The van der Waals surface area contributed by atoms with Crippen molar-refractivity contribution < 1.29 is 19.1 Å². The molecule has 0 aliphatic carbocycles. The van der Waals surface area contributed by atoms with Crippen LogP contribution in [0.5, 0.6) is 11.5 Å². The molecule has 2 rings (SSSR count). The minimum Gasteiger partial charge on any atom is -0.491 e. The maximum atomic E-state index is 12.1. The van der Waals surface area contributed by atoms with Gasteiger partial charge in [0.05, 0.1) is 37.0 Å². The number of amides is 2. The van der Waals surface area contributed by atoms with Gasteiger partial charge in [0.15, 0.2) is 0 Å². The zero-order chi connectivity index (χ0) is 24.2. The topological polar surface area (TPSA) is 101 Å². The zero-order valence-corrected chi connectivity index (χ0v) is 19.8. The molecule has 176 valence electrons. The molecule has 2 aromatic carbocycles. The number of hydrazone groups is 2. The Morgan fingerprint density at radius 2 is 1.21 bits per heavy atom. The fourth-order valence-corrected chi connectivity index (χ4v) is 2.74. The van der Waals surface area contributed by atoms with Gasteiger partial charge in [0.25, 0.3) is 0 Å². The Labute approximate surface area is 195 Å². The fraction of sp³-hybridized carbons (Fsp3) is 0.360. The Bertz CT molecular complexity index is 965. The number of nitrogens with zero attached hydrogens (tertiary/aromatic N) is 2. The minimum absolute atomic E-state index is 0.0964. The van der Waals surface area contributed by atoms with Crippen LogP contribution in [0, 0.1) is 0 Å². The van der Waals surface area contributed by atoms with E-state index in [4.69, 9.17) is 9.47 Å². The normalized spacial score (nSPS) is 11.7. The van der Waals surface area contributed by atoms with Crippen LogP contribution in [0.15, 0.2) is 58.7 Å². The monoisotopic (exact) mass is 452 g/mol. The molecular formula is C25H32N4O4. The highest BCUT2D eigenvalue weighted by molar-refractivity contribution is 6.29. The van der Waals surface area contributed by atoms with Crippen LogP contribution in [0.1, 0.15) is 45.7 Å². The smallest absolute Gasteiger partial charge is 0.244 e. The molecule has 8 nitrogen and oxygen atoms in total. The predicted molar refractivity (Wildman–Crippen MR) is 130 cm³/mol. The van der Waals surface area contributed by atoms with Gasteiger partial charge in [-0.3, -0.25) is 9.59 Å². The molecule has 33 heavy (non-hydrogen) atoms. The second-order valence-corrected chi connectivity index (χ2v) is 8.06. The van der Waals surface area contributed by atoms with Crippen molar-refractivity contribution >= 4 is 23.7 Å². The maximum absolute atomic E-state index is 12.1. The van der Waals surface area contributed by atoms with Gasteiger partial charge < -0.3 is 9.47 Å². The Morgan fingerprint density at radius 1 is 0.788 bits per heavy atom. The summed E-state index contributed by atoms with van der Waals surface area (Å²) >= 11 is 0. The van der Waals surface area contributed by atoms with Gasteiger partial charge in [-0.2, -0.15) is 10.2 Å². The highest BCUT2D eigenvalue weighted by Crippen LogP contribution is 2.15. The van der Waals surface area contributed by atoms with E-state index in [0.717, 1.165) is 22.6 Å². The molecule has 2 N–H and O–H groups in total. The third kappa shape index (κ3) is 10.5. The molecule has 2 amide bonds. The summed E-state index contributed by atoms with van der Waals surface area (Å²) in [5.41, 5.74) is 7.06. The molecule has 0 atom stereocenters. The van der Waals surface area contributed by atoms with E-state index in [0.29, 0.717) is 5.71 Å². The first-order chi connectivity index (χ1) is 15.7. The Hall–Kier alpha value is -3.68. The van der Waals surface area contributed by atoms with Crippen molar-refractivity contribution in [2.45, 2.75) is 59.7 Å². The molecule has 0 fully saturated rings. The summed E-state index contributed by atoms with van der Waals surface area (Å²) in [5, 5.41) is 7.84. The summed E-state index contributed by atoms with van der Waals surface area (Å²) in [6.07, 6.45) is 1.94. The van der Waals surface area contributed by atoms with E-state index in [1.165, 1.54) is 6.21 Å². The molecular weight excluding hydrogens is 420 g/mol. The molecule has 2 aromatic rings. The predicted octanol–water partition coefficient (Wildman–Crippen LogP) is 3.64. The molecule has 0 unspecified atom stereocenters. The number of rotatable bonds is 11. The summed E-state index contributed by atoms with van der Waals surface area (Å²) in [4.78, 5) is 24.1. The van der Waals surface area contributed by atoms with Gasteiger partial charge in [0.2, 0.25) is 11.8 Å². The highest BCUT2D eigenvalue weighted by atomic mass is 16.5. The summed E-state index contributed by atoms with van der Waals surface area (Å²) in [5.74, 6) is 1.01. The third-order valence-electron chi connectivity index (χ3n) is 4.12. The Morgan fingerprint density at radius 3 is 1.64 bits per heavy atom. The van der Waals surface area contributed by atoms with Gasteiger partial charge in [0, 0.05) is 0 Å². The standard InChI is InChI=1S/C25H32N4O4/c1-17(2)32-22-10-6-20(7-11-22)14-24(30)28-26-16-19(5)27-29-25(31)15-21-8-12-23(13-9-21)33-18(3)4/h6-13,16-18H,14-15H2,1-5H3,(H,28,30)(H,29,31)/b26-16-,27-19-. The molecule has 0 radical (unpaired) electrons. The number of carbonyl (C=O) groups is 2. The summed E-state index contributed by atoms with van der Waals surface area (Å²) in [6, 6.07) is 14.7. The molecule has 0 aliphatic rings. The lowest BCUT2D eigenvalue weighted by atomic mass is 10.1. The fourth-order valence-electron chi connectivity index (χ4n) is 2.74.